The molecular weight excluding hydrogens is 176 g/mol. The Morgan fingerprint density at radius 2 is 1.86 bits per heavy atom. The fourth-order valence-corrected chi connectivity index (χ4v) is 1.12. The summed E-state index contributed by atoms with van der Waals surface area (Å²) in [7, 11) is 0. The molecule has 0 aromatic rings. The molecule has 0 aromatic heterocycles. The van der Waals surface area contributed by atoms with Crippen molar-refractivity contribution in [2.24, 2.45) is 11.7 Å². The highest BCUT2D eigenvalue weighted by atomic mass is 16.1. The second-order valence-corrected chi connectivity index (χ2v) is 4.10. The number of hydrogen-bond donors (Lipinski definition) is 2. The van der Waals surface area contributed by atoms with E-state index in [1.165, 1.54) is 0 Å². The molecule has 0 saturated carbocycles. The van der Waals surface area contributed by atoms with Crippen LogP contribution in [-0.2, 0) is 4.79 Å². The van der Waals surface area contributed by atoms with Gasteiger partial charge in [-0.25, -0.2) is 0 Å². The Balaban J connectivity index is 3.98. The summed E-state index contributed by atoms with van der Waals surface area (Å²) in [5, 5.41) is 2.91. The minimum absolute atomic E-state index is 0.0907. The van der Waals surface area contributed by atoms with Gasteiger partial charge in [0.05, 0.1) is 0 Å². The molecule has 3 nitrogen and oxygen atoms in total. The van der Waals surface area contributed by atoms with E-state index in [-0.39, 0.29) is 17.4 Å². The summed E-state index contributed by atoms with van der Waals surface area (Å²) < 4.78 is 0. The first-order valence-electron chi connectivity index (χ1n) is 5.55. The van der Waals surface area contributed by atoms with Crippen LogP contribution in [0.15, 0.2) is 0 Å². The zero-order chi connectivity index (χ0) is 11.2. The molecule has 0 rings (SSSR count). The van der Waals surface area contributed by atoms with E-state index >= 15 is 0 Å². The maximum atomic E-state index is 11.5. The molecule has 0 spiro atoms. The van der Waals surface area contributed by atoms with Gasteiger partial charge in [-0.15, -0.1) is 0 Å². The third-order valence-corrected chi connectivity index (χ3v) is 3.08. The summed E-state index contributed by atoms with van der Waals surface area (Å²) >= 11 is 0. The predicted molar refractivity (Wildman–Crippen MR) is 60.0 cm³/mol. The molecule has 0 aliphatic heterocycles. The van der Waals surface area contributed by atoms with Crippen LogP contribution in [0.2, 0.25) is 0 Å². The third kappa shape index (κ3) is 4.09. The molecular formula is C11H24N2O. The van der Waals surface area contributed by atoms with Crippen molar-refractivity contribution in [3.63, 3.8) is 0 Å². The van der Waals surface area contributed by atoms with Crippen molar-refractivity contribution < 1.29 is 4.79 Å². The highest BCUT2D eigenvalue weighted by molar-refractivity contribution is 5.78. The van der Waals surface area contributed by atoms with Gasteiger partial charge < -0.3 is 11.1 Å². The first-order chi connectivity index (χ1) is 6.49. The van der Waals surface area contributed by atoms with Gasteiger partial charge in [0.15, 0.2) is 0 Å². The lowest BCUT2D eigenvalue weighted by molar-refractivity contribution is -0.124. The van der Waals surface area contributed by atoms with E-state index in [1.807, 2.05) is 13.8 Å². The standard InChI is InChI=1S/C11H24N2O/c1-5-9(4)10(14)13-8-11(12,6-2)7-3/h9H,5-8,12H2,1-4H3,(H,13,14). The molecule has 0 radical (unpaired) electrons. The van der Waals surface area contributed by atoms with Gasteiger partial charge in [0.25, 0.3) is 0 Å². The van der Waals surface area contributed by atoms with Crippen LogP contribution >= 0.6 is 0 Å². The fourth-order valence-electron chi connectivity index (χ4n) is 1.12. The van der Waals surface area contributed by atoms with Crippen LogP contribution in [0.5, 0.6) is 0 Å². The molecule has 1 amide bonds. The van der Waals surface area contributed by atoms with Gasteiger partial charge in [-0.3, -0.25) is 4.79 Å². The van der Waals surface area contributed by atoms with Gasteiger partial charge in [-0.2, -0.15) is 0 Å². The first-order valence-corrected chi connectivity index (χ1v) is 5.55. The third-order valence-electron chi connectivity index (χ3n) is 3.08. The van der Waals surface area contributed by atoms with E-state index in [9.17, 15) is 4.79 Å². The lowest BCUT2D eigenvalue weighted by atomic mass is 9.94. The van der Waals surface area contributed by atoms with Crippen molar-refractivity contribution in [3.8, 4) is 0 Å². The van der Waals surface area contributed by atoms with E-state index < -0.39 is 0 Å². The molecule has 0 aliphatic carbocycles. The van der Waals surface area contributed by atoms with E-state index in [4.69, 9.17) is 5.73 Å². The smallest absolute Gasteiger partial charge is 0.222 e. The molecule has 84 valence electrons. The van der Waals surface area contributed by atoms with Crippen molar-refractivity contribution in [1.29, 1.82) is 0 Å². The monoisotopic (exact) mass is 200 g/mol. The molecule has 0 bridgehead atoms. The van der Waals surface area contributed by atoms with Crippen LogP contribution < -0.4 is 11.1 Å². The largest absolute Gasteiger partial charge is 0.354 e. The highest BCUT2D eigenvalue weighted by Crippen LogP contribution is 2.10. The zero-order valence-corrected chi connectivity index (χ0v) is 9.89. The summed E-state index contributed by atoms with van der Waals surface area (Å²) in [5.74, 6) is 0.206. The van der Waals surface area contributed by atoms with Gasteiger partial charge in [0.2, 0.25) is 5.91 Å². The fraction of sp³-hybridized carbons (Fsp3) is 0.909. The van der Waals surface area contributed by atoms with Gasteiger partial charge in [-0.05, 0) is 19.3 Å². The molecule has 0 heterocycles. The highest BCUT2D eigenvalue weighted by Gasteiger charge is 2.21. The Labute approximate surface area is 87.4 Å². The molecule has 0 fully saturated rings. The molecule has 1 atom stereocenters. The number of nitrogens with one attached hydrogen (secondary N) is 1. The van der Waals surface area contributed by atoms with Crippen molar-refractivity contribution in [1.82, 2.24) is 5.32 Å². The Morgan fingerprint density at radius 3 is 2.21 bits per heavy atom. The van der Waals surface area contributed by atoms with Gasteiger partial charge in [-0.1, -0.05) is 27.7 Å². The minimum atomic E-state index is -0.233. The Kier molecular flexibility index (Phi) is 5.77. The van der Waals surface area contributed by atoms with E-state index in [1.54, 1.807) is 0 Å². The van der Waals surface area contributed by atoms with E-state index in [0.29, 0.717) is 6.54 Å². The van der Waals surface area contributed by atoms with Crippen LogP contribution in [0.4, 0.5) is 0 Å². The lowest BCUT2D eigenvalue weighted by Crippen LogP contribution is -2.50. The number of nitrogens with two attached hydrogens (primary N) is 1. The number of carbonyl (C=O) groups excluding carboxylic acids is 1. The maximum Gasteiger partial charge on any atom is 0.222 e. The molecule has 0 aliphatic rings. The SMILES string of the molecule is CCC(C)C(=O)NCC(N)(CC)CC. The Bertz CT molecular complexity index is 176. The van der Waals surface area contributed by atoms with E-state index in [2.05, 4.69) is 19.2 Å². The van der Waals surface area contributed by atoms with Crippen molar-refractivity contribution in [3.05, 3.63) is 0 Å². The molecule has 1 unspecified atom stereocenters. The second-order valence-electron chi connectivity index (χ2n) is 4.10. The zero-order valence-electron chi connectivity index (χ0n) is 9.89. The van der Waals surface area contributed by atoms with Crippen LogP contribution in [0.25, 0.3) is 0 Å². The average Bonchev–Trinajstić information content (AvgIpc) is 2.24. The molecule has 3 N–H and O–H groups in total. The summed E-state index contributed by atoms with van der Waals surface area (Å²) in [4.78, 5) is 11.5. The predicted octanol–water partition coefficient (Wildman–Crippen LogP) is 1.67. The van der Waals surface area contributed by atoms with Crippen LogP contribution in [0.3, 0.4) is 0 Å². The first kappa shape index (κ1) is 13.4. The van der Waals surface area contributed by atoms with Crippen LogP contribution in [-0.4, -0.2) is 18.0 Å². The Morgan fingerprint density at radius 1 is 1.36 bits per heavy atom. The van der Waals surface area contributed by atoms with Crippen molar-refractivity contribution in [2.75, 3.05) is 6.54 Å². The van der Waals surface area contributed by atoms with Crippen LogP contribution in [0.1, 0.15) is 47.0 Å². The average molecular weight is 200 g/mol. The summed E-state index contributed by atoms with van der Waals surface area (Å²) in [6.45, 7) is 8.64. The summed E-state index contributed by atoms with van der Waals surface area (Å²) in [5.41, 5.74) is 5.84. The molecule has 3 heteroatoms. The number of rotatable bonds is 6. The molecule has 0 saturated heterocycles. The van der Waals surface area contributed by atoms with Crippen molar-refractivity contribution in [2.45, 2.75) is 52.5 Å². The summed E-state index contributed by atoms with van der Waals surface area (Å²) in [6.07, 6.45) is 2.66. The number of carbonyl (C=O) groups is 1. The number of hydrogen-bond acceptors (Lipinski definition) is 2. The normalized spacial score (nSPS) is 13.8. The second kappa shape index (κ2) is 6.02. The maximum absolute atomic E-state index is 11.5. The number of amides is 1. The van der Waals surface area contributed by atoms with Gasteiger partial charge >= 0.3 is 0 Å². The van der Waals surface area contributed by atoms with E-state index in [0.717, 1.165) is 19.3 Å². The topological polar surface area (TPSA) is 55.1 Å². The Hall–Kier alpha value is -0.570. The van der Waals surface area contributed by atoms with Gasteiger partial charge in [0.1, 0.15) is 0 Å². The summed E-state index contributed by atoms with van der Waals surface area (Å²) in [6, 6.07) is 0. The van der Waals surface area contributed by atoms with Crippen molar-refractivity contribution >= 4 is 5.91 Å². The minimum Gasteiger partial charge on any atom is -0.354 e. The molecule has 14 heavy (non-hydrogen) atoms. The van der Waals surface area contributed by atoms with Crippen LogP contribution in [0, 0.1) is 5.92 Å². The van der Waals surface area contributed by atoms with Gasteiger partial charge in [0, 0.05) is 18.0 Å². The quantitative estimate of drug-likeness (QED) is 0.685. The lowest BCUT2D eigenvalue weighted by Gasteiger charge is -2.27. The molecule has 0 aromatic carbocycles.